The summed E-state index contributed by atoms with van der Waals surface area (Å²) < 4.78 is 2.44. The van der Waals surface area contributed by atoms with Crippen molar-refractivity contribution in [3.05, 3.63) is 105 Å². The van der Waals surface area contributed by atoms with Crippen molar-refractivity contribution in [2.45, 2.75) is 39.5 Å². The molecule has 0 saturated carbocycles. The second-order valence-corrected chi connectivity index (χ2v) is 8.70. The van der Waals surface area contributed by atoms with Gasteiger partial charge in [-0.05, 0) is 93.6 Å². The lowest BCUT2D eigenvalue weighted by Gasteiger charge is -2.14. The predicted octanol–water partition coefficient (Wildman–Crippen LogP) is 6.12. The molecule has 0 saturated heterocycles. The zero-order valence-corrected chi connectivity index (χ0v) is 17.4. The van der Waals surface area contributed by atoms with Gasteiger partial charge in [0, 0.05) is 38.7 Å². The summed E-state index contributed by atoms with van der Waals surface area (Å²) in [7, 11) is 0. The van der Waals surface area contributed by atoms with Gasteiger partial charge < -0.3 is 4.57 Å². The van der Waals surface area contributed by atoms with E-state index in [0.717, 1.165) is 31.4 Å². The van der Waals surface area contributed by atoms with Crippen molar-refractivity contribution in [1.82, 2.24) is 9.55 Å². The highest BCUT2D eigenvalue weighted by Crippen LogP contribution is 2.22. The number of aromatic nitrogens is 2. The zero-order valence-electron chi connectivity index (χ0n) is 16.6. The van der Waals surface area contributed by atoms with E-state index >= 15 is 0 Å². The van der Waals surface area contributed by atoms with Crippen LogP contribution in [0.4, 0.5) is 0 Å². The van der Waals surface area contributed by atoms with Crippen LogP contribution in [-0.4, -0.2) is 9.55 Å². The SMILES string of the molecule is Cc1ccnc(CCc2ccc(CCc3ccc(C)s3)n2-c2ccccc2)c1. The average molecular weight is 387 g/mol. The molecule has 142 valence electrons. The normalized spacial score (nSPS) is 11.1. The lowest BCUT2D eigenvalue weighted by Crippen LogP contribution is -2.07. The maximum Gasteiger partial charge on any atom is 0.0455 e. The lowest BCUT2D eigenvalue weighted by molar-refractivity contribution is 0.799. The largest absolute Gasteiger partial charge is 0.318 e. The Kier molecular flexibility index (Phi) is 5.73. The molecule has 28 heavy (non-hydrogen) atoms. The molecule has 0 aliphatic rings. The molecule has 0 radical (unpaired) electrons. The van der Waals surface area contributed by atoms with Crippen LogP contribution in [0.5, 0.6) is 0 Å². The van der Waals surface area contributed by atoms with Gasteiger partial charge in [0.25, 0.3) is 0 Å². The van der Waals surface area contributed by atoms with Gasteiger partial charge in [-0.1, -0.05) is 18.2 Å². The molecule has 0 amide bonds. The molecule has 4 rings (SSSR count). The van der Waals surface area contributed by atoms with Crippen LogP contribution in [0.1, 0.15) is 32.4 Å². The summed E-state index contributed by atoms with van der Waals surface area (Å²) in [6, 6.07) is 24.0. The van der Waals surface area contributed by atoms with Gasteiger partial charge in [-0.15, -0.1) is 11.3 Å². The Morgan fingerprint density at radius 1 is 0.786 bits per heavy atom. The van der Waals surface area contributed by atoms with Crippen LogP contribution in [0.25, 0.3) is 5.69 Å². The fraction of sp³-hybridized carbons (Fsp3) is 0.240. The van der Waals surface area contributed by atoms with E-state index in [9.17, 15) is 0 Å². The van der Waals surface area contributed by atoms with Crippen molar-refractivity contribution in [3.8, 4) is 5.69 Å². The summed E-state index contributed by atoms with van der Waals surface area (Å²) >= 11 is 1.91. The molecule has 0 atom stereocenters. The van der Waals surface area contributed by atoms with E-state index in [4.69, 9.17) is 0 Å². The van der Waals surface area contributed by atoms with Crippen LogP contribution < -0.4 is 0 Å². The minimum Gasteiger partial charge on any atom is -0.318 e. The Bertz CT molecular complexity index is 1040. The Morgan fingerprint density at radius 2 is 1.54 bits per heavy atom. The number of pyridine rings is 1. The third-order valence-corrected chi connectivity index (χ3v) is 6.15. The summed E-state index contributed by atoms with van der Waals surface area (Å²) in [4.78, 5) is 7.38. The second kappa shape index (κ2) is 8.57. The maximum absolute atomic E-state index is 4.53. The van der Waals surface area contributed by atoms with Gasteiger partial charge in [-0.25, -0.2) is 0 Å². The van der Waals surface area contributed by atoms with Crippen molar-refractivity contribution >= 4 is 11.3 Å². The Hall–Kier alpha value is -2.65. The summed E-state index contributed by atoms with van der Waals surface area (Å²) in [5.74, 6) is 0. The van der Waals surface area contributed by atoms with Crippen molar-refractivity contribution in [2.24, 2.45) is 0 Å². The van der Waals surface area contributed by atoms with Gasteiger partial charge in [0.1, 0.15) is 0 Å². The first kappa shape index (κ1) is 18.7. The summed E-state index contributed by atoms with van der Waals surface area (Å²) in [5.41, 5.74) is 6.42. The highest BCUT2D eigenvalue weighted by Gasteiger charge is 2.11. The van der Waals surface area contributed by atoms with Gasteiger partial charge in [0.15, 0.2) is 0 Å². The minimum atomic E-state index is 0.960. The summed E-state index contributed by atoms with van der Waals surface area (Å²) in [6.45, 7) is 4.31. The molecule has 3 heterocycles. The van der Waals surface area contributed by atoms with E-state index in [1.165, 1.54) is 32.4 Å². The molecule has 0 fully saturated rings. The molecule has 4 aromatic rings. The van der Waals surface area contributed by atoms with Gasteiger partial charge in [-0.3, -0.25) is 4.98 Å². The molecule has 2 nitrogen and oxygen atoms in total. The van der Waals surface area contributed by atoms with Crippen LogP contribution in [0.15, 0.2) is 72.9 Å². The molecule has 1 aromatic carbocycles. The van der Waals surface area contributed by atoms with Gasteiger partial charge >= 0.3 is 0 Å². The topological polar surface area (TPSA) is 17.8 Å². The van der Waals surface area contributed by atoms with Crippen molar-refractivity contribution in [2.75, 3.05) is 0 Å². The summed E-state index contributed by atoms with van der Waals surface area (Å²) in [6.07, 6.45) is 6.01. The Balaban J connectivity index is 1.58. The van der Waals surface area contributed by atoms with Crippen LogP contribution in [-0.2, 0) is 25.7 Å². The van der Waals surface area contributed by atoms with Crippen LogP contribution in [0.3, 0.4) is 0 Å². The van der Waals surface area contributed by atoms with E-state index in [1.54, 1.807) is 0 Å². The number of hydrogen-bond donors (Lipinski definition) is 0. The van der Waals surface area contributed by atoms with E-state index in [2.05, 4.69) is 90.1 Å². The number of aryl methyl sites for hydroxylation is 6. The fourth-order valence-electron chi connectivity index (χ4n) is 3.69. The molecular weight excluding hydrogens is 360 g/mol. The second-order valence-electron chi connectivity index (χ2n) is 7.32. The highest BCUT2D eigenvalue weighted by molar-refractivity contribution is 7.11. The number of para-hydroxylation sites is 1. The minimum absolute atomic E-state index is 0.960. The van der Waals surface area contributed by atoms with Crippen LogP contribution in [0, 0.1) is 13.8 Å². The Morgan fingerprint density at radius 3 is 2.21 bits per heavy atom. The van der Waals surface area contributed by atoms with Gasteiger partial charge in [0.05, 0.1) is 0 Å². The molecular formula is C25H26N2S. The number of benzene rings is 1. The number of nitrogens with zero attached hydrogens (tertiary/aromatic N) is 2. The molecule has 0 spiro atoms. The maximum atomic E-state index is 4.53. The first-order valence-corrected chi connectivity index (χ1v) is 10.7. The van der Waals surface area contributed by atoms with Crippen molar-refractivity contribution in [1.29, 1.82) is 0 Å². The Labute approximate surface area is 171 Å². The van der Waals surface area contributed by atoms with Crippen molar-refractivity contribution in [3.63, 3.8) is 0 Å². The first-order chi connectivity index (χ1) is 13.7. The highest BCUT2D eigenvalue weighted by atomic mass is 32.1. The molecule has 3 aromatic heterocycles. The predicted molar refractivity (Wildman–Crippen MR) is 119 cm³/mol. The van der Waals surface area contributed by atoms with Gasteiger partial charge in [0.2, 0.25) is 0 Å². The molecule has 0 bridgehead atoms. The van der Waals surface area contributed by atoms with E-state index in [-0.39, 0.29) is 0 Å². The smallest absolute Gasteiger partial charge is 0.0455 e. The van der Waals surface area contributed by atoms with Crippen LogP contribution >= 0.6 is 11.3 Å². The summed E-state index contributed by atoms with van der Waals surface area (Å²) in [5, 5.41) is 0. The van der Waals surface area contributed by atoms with E-state index in [1.807, 2.05) is 17.5 Å². The van der Waals surface area contributed by atoms with Crippen molar-refractivity contribution < 1.29 is 0 Å². The monoisotopic (exact) mass is 386 g/mol. The zero-order chi connectivity index (χ0) is 19.3. The molecule has 0 aliphatic carbocycles. The third kappa shape index (κ3) is 4.42. The average Bonchev–Trinajstić information content (AvgIpc) is 3.31. The molecule has 0 aliphatic heterocycles. The lowest BCUT2D eigenvalue weighted by atomic mass is 10.1. The molecule has 0 unspecified atom stereocenters. The number of hydrogen-bond acceptors (Lipinski definition) is 2. The third-order valence-electron chi connectivity index (χ3n) is 5.09. The molecule has 3 heteroatoms. The quantitative estimate of drug-likeness (QED) is 0.374. The standard InChI is InChI=1S/C25H26N2S/c1-19-16-17-26-21(18-19)9-10-23-11-12-24(13-15-25-14-8-20(2)28-25)27(23)22-6-4-3-5-7-22/h3-8,11-12,14,16-18H,9-10,13,15H2,1-2H3. The first-order valence-electron chi connectivity index (χ1n) is 9.91. The van der Waals surface area contributed by atoms with E-state index < -0.39 is 0 Å². The molecule has 0 N–H and O–H groups in total. The fourth-order valence-corrected chi connectivity index (χ4v) is 4.58. The van der Waals surface area contributed by atoms with E-state index in [0.29, 0.717) is 0 Å². The number of thiophene rings is 1. The van der Waals surface area contributed by atoms with Gasteiger partial charge in [-0.2, -0.15) is 0 Å². The van der Waals surface area contributed by atoms with Crippen LogP contribution in [0.2, 0.25) is 0 Å². The number of rotatable bonds is 7.